The van der Waals surface area contributed by atoms with E-state index in [-0.39, 0.29) is 22.5 Å². The van der Waals surface area contributed by atoms with Gasteiger partial charge in [-0.05, 0) is 80.3 Å². The first kappa shape index (κ1) is 26.5. The number of carbonyl (C=O) groups is 3. The number of likely N-dealkylation sites (tertiary alicyclic amines) is 1. The molecule has 2 fully saturated rings. The van der Waals surface area contributed by atoms with Gasteiger partial charge in [0.05, 0.1) is 22.5 Å². The van der Waals surface area contributed by atoms with Crippen molar-refractivity contribution < 1.29 is 19.5 Å². The number of hydrogen-bond acceptors (Lipinski definition) is 5. The fourth-order valence-corrected chi connectivity index (χ4v) is 6.68. The van der Waals surface area contributed by atoms with Gasteiger partial charge in [0.15, 0.2) is 5.84 Å². The van der Waals surface area contributed by atoms with Gasteiger partial charge in [-0.25, -0.2) is 4.79 Å². The smallest absolute Gasteiger partial charge is 0.335 e. The van der Waals surface area contributed by atoms with Gasteiger partial charge in [0, 0.05) is 24.2 Å². The number of para-hydroxylation sites is 1. The van der Waals surface area contributed by atoms with Gasteiger partial charge in [0.2, 0.25) is 0 Å². The molecule has 0 aromatic heterocycles. The van der Waals surface area contributed by atoms with Crippen molar-refractivity contribution in [3.8, 4) is 0 Å². The average molecular weight is 549 g/mol. The van der Waals surface area contributed by atoms with Crippen molar-refractivity contribution >= 4 is 35.0 Å². The zero-order chi connectivity index (χ0) is 28.8. The summed E-state index contributed by atoms with van der Waals surface area (Å²) < 4.78 is 0. The molecular weight excluding hydrogens is 516 g/mol. The lowest BCUT2D eigenvalue weighted by Crippen LogP contribution is -2.33. The van der Waals surface area contributed by atoms with Crippen molar-refractivity contribution in [1.29, 1.82) is 0 Å². The summed E-state index contributed by atoms with van der Waals surface area (Å²) in [6.07, 6.45) is 8.71. The van der Waals surface area contributed by atoms with Crippen LogP contribution in [0.25, 0.3) is 0 Å². The molecule has 2 aromatic rings. The maximum absolute atomic E-state index is 14.1. The number of carboxylic acid groups (broad SMARTS) is 1. The molecule has 2 unspecified atom stereocenters. The third-order valence-corrected chi connectivity index (χ3v) is 8.48. The van der Waals surface area contributed by atoms with Crippen LogP contribution in [0, 0.1) is 5.92 Å². The van der Waals surface area contributed by atoms with E-state index in [1.807, 2.05) is 31.2 Å². The number of anilines is 2. The van der Waals surface area contributed by atoms with Gasteiger partial charge >= 0.3 is 5.97 Å². The number of carboxylic acids is 1. The van der Waals surface area contributed by atoms with E-state index >= 15 is 0 Å². The van der Waals surface area contributed by atoms with E-state index in [9.17, 15) is 19.5 Å². The van der Waals surface area contributed by atoms with Crippen LogP contribution in [-0.2, 0) is 9.59 Å². The molecule has 1 N–H and O–H groups in total. The Morgan fingerprint density at radius 3 is 2.39 bits per heavy atom. The Hall–Kier alpha value is -4.72. The highest BCUT2D eigenvalue weighted by Crippen LogP contribution is 2.46. The topological polar surface area (TPSA) is 93.5 Å². The van der Waals surface area contributed by atoms with Gasteiger partial charge in [-0.1, -0.05) is 43.7 Å². The van der Waals surface area contributed by atoms with Crippen molar-refractivity contribution in [3.63, 3.8) is 0 Å². The zero-order valence-corrected chi connectivity index (χ0v) is 23.2. The van der Waals surface area contributed by atoms with Crippen LogP contribution in [0.3, 0.4) is 0 Å². The predicted molar refractivity (Wildman–Crippen MR) is 158 cm³/mol. The predicted octanol–water partition coefficient (Wildman–Crippen LogP) is 5.67. The highest BCUT2D eigenvalue weighted by Gasteiger charge is 2.48. The van der Waals surface area contributed by atoms with E-state index in [0.717, 1.165) is 31.4 Å². The fourth-order valence-electron chi connectivity index (χ4n) is 6.68. The van der Waals surface area contributed by atoms with E-state index in [1.54, 1.807) is 24.3 Å². The van der Waals surface area contributed by atoms with E-state index in [4.69, 9.17) is 0 Å². The SMILES string of the molecule is C=C(/C=C1\C(=C/C)N(CC)C2CCCCC12)C1=C2C(=O)N(c3ccccc3)N=C2N(c2ccc(C(=O)O)cc2)C1=O. The number of allylic oxidation sites excluding steroid dienone is 3. The molecule has 8 heteroatoms. The molecule has 6 rings (SSSR count). The third-order valence-electron chi connectivity index (χ3n) is 8.48. The molecular formula is C33H32N4O4. The molecule has 1 saturated heterocycles. The number of fused-ring (bicyclic) bond motifs is 2. The van der Waals surface area contributed by atoms with E-state index in [1.165, 1.54) is 34.2 Å². The van der Waals surface area contributed by atoms with E-state index in [0.29, 0.717) is 28.9 Å². The van der Waals surface area contributed by atoms with Crippen LogP contribution in [0.15, 0.2) is 106 Å². The Bertz CT molecular complexity index is 1580. The van der Waals surface area contributed by atoms with Crippen LogP contribution in [0.2, 0.25) is 0 Å². The Morgan fingerprint density at radius 1 is 1.02 bits per heavy atom. The van der Waals surface area contributed by atoms with Crippen molar-refractivity contribution in [2.45, 2.75) is 45.6 Å². The average Bonchev–Trinajstić information content (AvgIpc) is 3.59. The summed E-state index contributed by atoms with van der Waals surface area (Å²) in [5.74, 6) is -1.31. The summed E-state index contributed by atoms with van der Waals surface area (Å²) in [5.41, 5.74) is 4.34. The number of rotatable bonds is 6. The second kappa shape index (κ2) is 10.4. The number of nitrogens with zero attached hydrogens (tertiary/aromatic N) is 4. The molecule has 3 aliphatic heterocycles. The van der Waals surface area contributed by atoms with Crippen LogP contribution in [0.5, 0.6) is 0 Å². The monoisotopic (exact) mass is 548 g/mol. The fraction of sp³-hybridized carbons (Fsp3) is 0.273. The maximum Gasteiger partial charge on any atom is 0.335 e. The van der Waals surface area contributed by atoms with E-state index < -0.39 is 17.8 Å². The number of aromatic carboxylic acids is 1. The van der Waals surface area contributed by atoms with E-state index in [2.05, 4.69) is 29.6 Å². The summed E-state index contributed by atoms with van der Waals surface area (Å²) in [7, 11) is 0. The minimum absolute atomic E-state index is 0.0981. The number of hydrazone groups is 1. The van der Waals surface area contributed by atoms with Gasteiger partial charge in [-0.3, -0.25) is 14.5 Å². The molecule has 8 nitrogen and oxygen atoms in total. The lowest BCUT2D eigenvalue weighted by molar-refractivity contribution is -0.116. The third kappa shape index (κ3) is 4.22. The molecule has 0 bridgehead atoms. The maximum atomic E-state index is 14.1. The normalized spacial score (nSPS) is 24.0. The van der Waals surface area contributed by atoms with Crippen LogP contribution in [-0.4, -0.2) is 46.2 Å². The number of amidine groups is 1. The molecule has 4 aliphatic rings. The van der Waals surface area contributed by atoms with Crippen molar-refractivity contribution in [3.05, 3.63) is 107 Å². The summed E-state index contributed by atoms with van der Waals surface area (Å²) in [6, 6.07) is 15.5. The molecule has 3 heterocycles. The minimum Gasteiger partial charge on any atom is -0.478 e. The van der Waals surface area contributed by atoms with Crippen LogP contribution in [0.1, 0.15) is 49.9 Å². The first-order valence-electron chi connectivity index (χ1n) is 14.1. The lowest BCUT2D eigenvalue weighted by Gasteiger charge is -2.31. The summed E-state index contributed by atoms with van der Waals surface area (Å²) in [5, 5.41) is 15.3. The van der Waals surface area contributed by atoms with Gasteiger partial charge in [0.25, 0.3) is 11.8 Å². The largest absolute Gasteiger partial charge is 0.478 e. The van der Waals surface area contributed by atoms with Gasteiger partial charge < -0.3 is 10.0 Å². The number of benzene rings is 2. The molecule has 2 amide bonds. The molecule has 0 spiro atoms. The Balaban J connectivity index is 1.46. The first-order chi connectivity index (χ1) is 19.8. The molecule has 1 aliphatic carbocycles. The van der Waals surface area contributed by atoms with Crippen LogP contribution < -0.4 is 9.91 Å². The second-order valence-electron chi connectivity index (χ2n) is 10.7. The molecule has 41 heavy (non-hydrogen) atoms. The lowest BCUT2D eigenvalue weighted by atomic mass is 9.81. The molecule has 208 valence electrons. The van der Waals surface area contributed by atoms with Crippen LogP contribution in [0.4, 0.5) is 11.4 Å². The quantitative estimate of drug-likeness (QED) is 0.502. The Morgan fingerprint density at radius 2 is 1.73 bits per heavy atom. The first-order valence-corrected chi connectivity index (χ1v) is 14.1. The van der Waals surface area contributed by atoms with Gasteiger partial charge in [0.1, 0.15) is 5.57 Å². The Kier molecular flexibility index (Phi) is 6.69. The highest BCUT2D eigenvalue weighted by atomic mass is 16.4. The number of likely N-dealkylation sites (N-methyl/N-ethyl adjacent to an activating group) is 1. The highest BCUT2D eigenvalue weighted by molar-refractivity contribution is 6.47. The standard InChI is InChI=1S/C33H32N4O4/c1-4-26-25(24-13-9-10-14-27(24)35(26)5-2)19-20(3)28-29-30(34-37(32(29)39)23-11-7-6-8-12-23)36(31(28)38)22-17-15-21(16-18-22)33(40)41/h4,6-8,11-12,15-19,24,27H,3,5,9-10,13-14H2,1-2H3,(H,40,41)/b25-19-,26-4+. The molecule has 1 saturated carbocycles. The Labute approximate surface area is 239 Å². The number of amides is 2. The van der Waals surface area contributed by atoms with Crippen molar-refractivity contribution in [1.82, 2.24) is 4.90 Å². The summed E-state index contributed by atoms with van der Waals surface area (Å²) >= 11 is 0. The molecule has 0 radical (unpaired) electrons. The zero-order valence-electron chi connectivity index (χ0n) is 23.2. The van der Waals surface area contributed by atoms with Crippen molar-refractivity contribution in [2.75, 3.05) is 16.5 Å². The second-order valence-corrected chi connectivity index (χ2v) is 10.7. The number of hydrogen-bond donors (Lipinski definition) is 1. The number of carbonyl (C=O) groups excluding carboxylic acids is 2. The summed E-state index contributed by atoms with van der Waals surface area (Å²) in [6.45, 7) is 9.45. The van der Waals surface area contributed by atoms with Crippen molar-refractivity contribution in [2.24, 2.45) is 11.0 Å². The summed E-state index contributed by atoms with van der Waals surface area (Å²) in [4.78, 5) is 43.2. The van der Waals surface area contributed by atoms with Gasteiger partial charge in [-0.15, -0.1) is 5.10 Å². The molecule has 2 atom stereocenters. The van der Waals surface area contributed by atoms with Gasteiger partial charge in [-0.2, -0.15) is 5.01 Å². The minimum atomic E-state index is -1.06. The van der Waals surface area contributed by atoms with Crippen LogP contribution >= 0.6 is 0 Å². The molecule has 2 aromatic carbocycles.